The van der Waals surface area contributed by atoms with E-state index in [4.69, 9.17) is 0 Å². The summed E-state index contributed by atoms with van der Waals surface area (Å²) in [5, 5.41) is 3.37. The number of nitrogens with one attached hydrogen (secondary N) is 1. The second kappa shape index (κ2) is 12.3. The van der Waals surface area contributed by atoms with E-state index in [1.165, 1.54) is 6.92 Å². The predicted octanol–water partition coefficient (Wildman–Crippen LogP) is 2.86. The maximum atomic E-state index is 12.7. The van der Waals surface area contributed by atoms with Crippen molar-refractivity contribution in [3.8, 4) is 0 Å². The van der Waals surface area contributed by atoms with E-state index < -0.39 is 0 Å². The normalized spacial score (nSPS) is 13.1. The third-order valence-electron chi connectivity index (χ3n) is 4.22. The number of ketones is 3. The van der Waals surface area contributed by atoms with Crippen LogP contribution in [0.5, 0.6) is 0 Å². The van der Waals surface area contributed by atoms with Crippen LogP contribution >= 0.6 is 0 Å². The summed E-state index contributed by atoms with van der Waals surface area (Å²) in [5.74, 6) is -0.0274. The van der Waals surface area contributed by atoms with Crippen LogP contribution in [-0.4, -0.2) is 54.0 Å². The number of carbonyl (C=O) groups excluding carboxylic acids is 3. The summed E-state index contributed by atoms with van der Waals surface area (Å²) in [4.78, 5) is 38.4. The summed E-state index contributed by atoms with van der Waals surface area (Å²) in [7, 11) is 0. The zero-order valence-electron chi connectivity index (χ0n) is 17.2. The standard InChI is InChI=1S/C20H38N2O3/c1-14(2)19(24)13-22(12-17(7)23)18(20(25)15(3)4)10-8-9-11-21-16(5)6/h14-16,18,21H,8-13H2,1-7H3. The van der Waals surface area contributed by atoms with Gasteiger partial charge in [0.2, 0.25) is 0 Å². The highest BCUT2D eigenvalue weighted by Gasteiger charge is 2.29. The summed E-state index contributed by atoms with van der Waals surface area (Å²) in [6.45, 7) is 14.4. The Morgan fingerprint density at radius 1 is 0.880 bits per heavy atom. The highest BCUT2D eigenvalue weighted by molar-refractivity contribution is 5.89. The molecule has 0 aromatic rings. The van der Waals surface area contributed by atoms with E-state index in [2.05, 4.69) is 19.2 Å². The summed E-state index contributed by atoms with van der Waals surface area (Å²) < 4.78 is 0. The molecular formula is C20H38N2O3. The first-order valence-corrected chi connectivity index (χ1v) is 9.59. The minimum atomic E-state index is -0.356. The molecule has 5 nitrogen and oxygen atoms in total. The van der Waals surface area contributed by atoms with Crippen molar-refractivity contribution < 1.29 is 14.4 Å². The Labute approximate surface area is 153 Å². The molecule has 0 radical (unpaired) electrons. The van der Waals surface area contributed by atoms with Gasteiger partial charge in [-0.1, -0.05) is 48.0 Å². The first-order valence-electron chi connectivity index (χ1n) is 9.59. The van der Waals surface area contributed by atoms with Crippen molar-refractivity contribution in [3.05, 3.63) is 0 Å². The van der Waals surface area contributed by atoms with Crippen LogP contribution in [0.2, 0.25) is 0 Å². The van der Waals surface area contributed by atoms with E-state index in [9.17, 15) is 14.4 Å². The molecule has 0 aromatic carbocycles. The lowest BCUT2D eigenvalue weighted by Crippen LogP contribution is -2.48. The molecule has 0 aliphatic carbocycles. The van der Waals surface area contributed by atoms with Crippen molar-refractivity contribution in [2.75, 3.05) is 19.6 Å². The SMILES string of the molecule is CC(=O)CN(CC(=O)C(C)C)C(CCCCNC(C)C)C(=O)C(C)C. The van der Waals surface area contributed by atoms with Crippen LogP contribution in [0.15, 0.2) is 0 Å². The monoisotopic (exact) mass is 354 g/mol. The minimum absolute atomic E-state index is 0.0143. The van der Waals surface area contributed by atoms with Gasteiger partial charge in [-0.25, -0.2) is 0 Å². The van der Waals surface area contributed by atoms with Crippen LogP contribution in [0.25, 0.3) is 0 Å². The number of rotatable bonds is 14. The number of carbonyl (C=O) groups is 3. The first-order chi connectivity index (χ1) is 11.6. The van der Waals surface area contributed by atoms with Crippen LogP contribution in [0.4, 0.5) is 0 Å². The Balaban J connectivity index is 5.03. The molecule has 0 amide bonds. The molecule has 0 heterocycles. The zero-order chi connectivity index (χ0) is 19.6. The summed E-state index contributed by atoms with van der Waals surface area (Å²) >= 11 is 0. The second-order valence-corrected chi connectivity index (χ2v) is 7.91. The highest BCUT2D eigenvalue weighted by atomic mass is 16.1. The fraction of sp³-hybridized carbons (Fsp3) is 0.850. The Morgan fingerprint density at radius 2 is 1.48 bits per heavy atom. The third kappa shape index (κ3) is 10.5. The van der Waals surface area contributed by atoms with Crippen molar-refractivity contribution in [3.63, 3.8) is 0 Å². The van der Waals surface area contributed by atoms with Gasteiger partial charge < -0.3 is 5.32 Å². The molecule has 0 aromatic heterocycles. The fourth-order valence-corrected chi connectivity index (χ4v) is 2.69. The van der Waals surface area contributed by atoms with Gasteiger partial charge in [0.05, 0.1) is 19.1 Å². The Hall–Kier alpha value is -1.07. The molecule has 1 atom stereocenters. The third-order valence-corrected chi connectivity index (χ3v) is 4.22. The molecule has 0 bridgehead atoms. The maximum absolute atomic E-state index is 12.7. The van der Waals surface area contributed by atoms with Crippen molar-refractivity contribution >= 4 is 17.3 Å². The molecule has 25 heavy (non-hydrogen) atoms. The quantitative estimate of drug-likeness (QED) is 0.486. The largest absolute Gasteiger partial charge is 0.315 e. The van der Waals surface area contributed by atoms with Crippen molar-refractivity contribution in [1.29, 1.82) is 0 Å². The van der Waals surface area contributed by atoms with E-state index in [0.717, 1.165) is 19.4 Å². The summed E-state index contributed by atoms with van der Waals surface area (Å²) in [6, 6.07) is 0.0941. The molecule has 0 rings (SSSR count). The number of hydrogen-bond donors (Lipinski definition) is 1. The average Bonchev–Trinajstić information content (AvgIpc) is 2.48. The van der Waals surface area contributed by atoms with Crippen molar-refractivity contribution in [2.45, 2.75) is 79.8 Å². The van der Waals surface area contributed by atoms with Gasteiger partial charge in [0.25, 0.3) is 0 Å². The second-order valence-electron chi connectivity index (χ2n) is 7.91. The fourth-order valence-electron chi connectivity index (χ4n) is 2.69. The van der Waals surface area contributed by atoms with E-state index in [1.54, 1.807) is 4.90 Å². The molecule has 1 unspecified atom stereocenters. The van der Waals surface area contributed by atoms with Crippen LogP contribution in [0.3, 0.4) is 0 Å². The molecule has 0 saturated carbocycles. The van der Waals surface area contributed by atoms with Gasteiger partial charge in [-0.15, -0.1) is 0 Å². The molecule has 1 N–H and O–H groups in total. The number of hydrogen-bond acceptors (Lipinski definition) is 5. The van der Waals surface area contributed by atoms with Gasteiger partial charge in [-0.05, 0) is 26.3 Å². The van der Waals surface area contributed by atoms with Gasteiger partial charge in [0.15, 0.2) is 5.78 Å². The molecule has 0 spiro atoms. The summed E-state index contributed by atoms with van der Waals surface area (Å²) in [6.07, 6.45) is 2.56. The van der Waals surface area contributed by atoms with E-state index in [1.807, 2.05) is 27.7 Å². The zero-order valence-corrected chi connectivity index (χ0v) is 17.2. The number of nitrogens with zero attached hydrogens (tertiary/aromatic N) is 1. The Morgan fingerprint density at radius 3 is 1.92 bits per heavy atom. The van der Waals surface area contributed by atoms with Crippen LogP contribution in [-0.2, 0) is 14.4 Å². The predicted molar refractivity (Wildman–Crippen MR) is 103 cm³/mol. The van der Waals surface area contributed by atoms with Crippen LogP contribution in [0, 0.1) is 11.8 Å². The van der Waals surface area contributed by atoms with E-state index in [0.29, 0.717) is 12.5 Å². The minimum Gasteiger partial charge on any atom is -0.315 e. The lowest BCUT2D eigenvalue weighted by Gasteiger charge is -2.31. The van der Waals surface area contributed by atoms with Gasteiger partial charge in [-0.3, -0.25) is 19.3 Å². The smallest absolute Gasteiger partial charge is 0.152 e. The molecule has 0 aliphatic heterocycles. The topological polar surface area (TPSA) is 66.5 Å². The molecule has 0 aliphatic rings. The van der Waals surface area contributed by atoms with Gasteiger partial charge in [0, 0.05) is 17.9 Å². The Bertz CT molecular complexity index is 431. The van der Waals surface area contributed by atoms with E-state index in [-0.39, 0.29) is 48.3 Å². The molecule has 146 valence electrons. The maximum Gasteiger partial charge on any atom is 0.152 e. The van der Waals surface area contributed by atoms with Gasteiger partial charge in [-0.2, -0.15) is 0 Å². The first kappa shape index (κ1) is 23.9. The molecule has 5 heteroatoms. The number of Topliss-reactive ketones (excluding diaryl/α,β-unsaturated/α-hetero) is 3. The lowest BCUT2D eigenvalue weighted by atomic mass is 9.94. The molecule has 0 saturated heterocycles. The van der Waals surface area contributed by atoms with Crippen molar-refractivity contribution in [1.82, 2.24) is 10.2 Å². The van der Waals surface area contributed by atoms with Gasteiger partial charge >= 0.3 is 0 Å². The van der Waals surface area contributed by atoms with Crippen LogP contribution < -0.4 is 5.32 Å². The molecule has 0 fully saturated rings. The average molecular weight is 355 g/mol. The summed E-state index contributed by atoms with van der Waals surface area (Å²) in [5.41, 5.74) is 0. The van der Waals surface area contributed by atoms with Gasteiger partial charge in [0.1, 0.15) is 11.6 Å². The highest BCUT2D eigenvalue weighted by Crippen LogP contribution is 2.16. The molecular weight excluding hydrogens is 316 g/mol. The lowest BCUT2D eigenvalue weighted by molar-refractivity contribution is -0.131. The Kier molecular flexibility index (Phi) is 11.8. The number of unbranched alkanes of at least 4 members (excludes halogenated alkanes) is 1. The van der Waals surface area contributed by atoms with Crippen LogP contribution in [0.1, 0.15) is 67.7 Å². The van der Waals surface area contributed by atoms with Crippen molar-refractivity contribution in [2.24, 2.45) is 11.8 Å². The van der Waals surface area contributed by atoms with E-state index >= 15 is 0 Å².